The van der Waals surface area contributed by atoms with Gasteiger partial charge in [0.05, 0.1) is 16.6 Å². The molecule has 0 unspecified atom stereocenters. The van der Waals surface area contributed by atoms with E-state index in [0.717, 1.165) is 25.6 Å². The zero-order valence-corrected chi connectivity index (χ0v) is 18.5. The first-order valence-corrected chi connectivity index (χ1v) is 11.0. The van der Waals surface area contributed by atoms with Crippen molar-refractivity contribution in [3.63, 3.8) is 0 Å². The molecule has 5 aromatic carbocycles. The van der Waals surface area contributed by atoms with Crippen LogP contribution >= 0.6 is 22.6 Å². The highest BCUT2D eigenvalue weighted by atomic mass is 127. The van der Waals surface area contributed by atoms with E-state index in [9.17, 15) is 0 Å². The quantitative estimate of drug-likeness (QED) is 0.133. The summed E-state index contributed by atoms with van der Waals surface area (Å²) in [6, 6.07) is 29.9. The number of hydrogen-bond donors (Lipinski definition) is 0. The predicted octanol–water partition coefficient (Wildman–Crippen LogP) is 7.67. The zero-order chi connectivity index (χ0) is 20.2. The van der Waals surface area contributed by atoms with Crippen LogP contribution in [0.1, 0.15) is 5.56 Å². The van der Waals surface area contributed by atoms with Crippen molar-refractivity contribution >= 4 is 66.2 Å². The van der Waals surface area contributed by atoms with Gasteiger partial charge < -0.3 is 0 Å². The number of aryl methyl sites for hydroxylation is 1. The molecular formula is C27H17IN2. The lowest BCUT2D eigenvalue weighted by Gasteiger charge is -2.16. The molecule has 0 radical (unpaired) electrons. The summed E-state index contributed by atoms with van der Waals surface area (Å²) in [6.07, 6.45) is 0. The fourth-order valence-electron chi connectivity index (χ4n) is 4.30. The third-order valence-corrected chi connectivity index (χ3v) is 6.82. The molecule has 0 amide bonds. The van der Waals surface area contributed by atoms with Gasteiger partial charge in [0.25, 0.3) is 0 Å². The SMILES string of the molecule is Cc1ccc(-c2c(I)c3nc4ccccc4nc3c3c2ccc2ccccc23)cc1. The molecule has 0 N–H and O–H groups in total. The maximum Gasteiger partial charge on any atom is 0.104 e. The van der Waals surface area contributed by atoms with Crippen LogP contribution in [0, 0.1) is 10.5 Å². The summed E-state index contributed by atoms with van der Waals surface area (Å²) in [5.74, 6) is 0. The fraction of sp³-hybridized carbons (Fsp3) is 0.0370. The smallest absolute Gasteiger partial charge is 0.104 e. The molecule has 0 saturated carbocycles. The molecule has 0 spiro atoms. The molecule has 6 aromatic rings. The van der Waals surface area contributed by atoms with Crippen molar-refractivity contribution < 1.29 is 0 Å². The monoisotopic (exact) mass is 496 g/mol. The molecule has 0 atom stereocenters. The Labute approximate surface area is 187 Å². The van der Waals surface area contributed by atoms with Gasteiger partial charge in [-0.25, -0.2) is 9.97 Å². The van der Waals surface area contributed by atoms with Crippen LogP contribution in [0.25, 0.3) is 54.7 Å². The summed E-state index contributed by atoms with van der Waals surface area (Å²) in [5, 5.41) is 4.84. The second kappa shape index (κ2) is 6.74. The molecular weight excluding hydrogens is 479 g/mol. The van der Waals surface area contributed by atoms with Crippen molar-refractivity contribution in [2.75, 3.05) is 0 Å². The van der Waals surface area contributed by atoms with Gasteiger partial charge in [-0.3, -0.25) is 0 Å². The average Bonchev–Trinajstić information content (AvgIpc) is 2.79. The minimum atomic E-state index is 0.928. The lowest BCUT2D eigenvalue weighted by Crippen LogP contribution is -1.96. The first-order valence-electron chi connectivity index (χ1n) is 9.97. The Kier molecular flexibility index (Phi) is 4.00. The van der Waals surface area contributed by atoms with Crippen LogP contribution in [0.4, 0.5) is 0 Å². The van der Waals surface area contributed by atoms with Gasteiger partial charge in [-0.1, -0.05) is 78.4 Å². The molecule has 142 valence electrons. The second-order valence-corrected chi connectivity index (χ2v) is 8.75. The van der Waals surface area contributed by atoms with Crippen molar-refractivity contribution in [2.45, 2.75) is 6.92 Å². The highest BCUT2D eigenvalue weighted by molar-refractivity contribution is 14.1. The number of nitrogens with zero attached hydrogens (tertiary/aromatic N) is 2. The molecule has 2 nitrogen and oxygen atoms in total. The van der Waals surface area contributed by atoms with Crippen LogP contribution in [0.15, 0.2) is 84.9 Å². The van der Waals surface area contributed by atoms with E-state index in [1.807, 2.05) is 24.3 Å². The molecule has 1 heterocycles. The average molecular weight is 496 g/mol. The highest BCUT2D eigenvalue weighted by Gasteiger charge is 2.18. The van der Waals surface area contributed by atoms with E-state index in [-0.39, 0.29) is 0 Å². The molecule has 0 aliphatic heterocycles. The highest BCUT2D eigenvalue weighted by Crippen LogP contribution is 2.41. The maximum absolute atomic E-state index is 5.10. The van der Waals surface area contributed by atoms with Crippen molar-refractivity contribution in [1.29, 1.82) is 0 Å². The summed E-state index contributed by atoms with van der Waals surface area (Å²) in [6.45, 7) is 2.12. The van der Waals surface area contributed by atoms with E-state index in [1.165, 1.54) is 38.2 Å². The maximum atomic E-state index is 5.10. The van der Waals surface area contributed by atoms with Crippen molar-refractivity contribution in [2.24, 2.45) is 0 Å². The van der Waals surface area contributed by atoms with E-state index in [0.29, 0.717) is 0 Å². The first kappa shape index (κ1) is 17.8. The molecule has 0 saturated heterocycles. The Morgan fingerprint density at radius 2 is 1.30 bits per heavy atom. The third kappa shape index (κ3) is 2.62. The number of benzene rings is 5. The Bertz CT molecular complexity index is 1600. The summed E-state index contributed by atoms with van der Waals surface area (Å²) in [7, 11) is 0. The van der Waals surface area contributed by atoms with Crippen LogP contribution in [-0.2, 0) is 0 Å². The fourth-order valence-corrected chi connectivity index (χ4v) is 5.28. The van der Waals surface area contributed by atoms with Crippen molar-refractivity contribution in [3.05, 3.63) is 94.1 Å². The minimum Gasteiger partial charge on any atom is -0.244 e. The summed E-state index contributed by atoms with van der Waals surface area (Å²) >= 11 is 2.45. The predicted molar refractivity (Wildman–Crippen MR) is 135 cm³/mol. The van der Waals surface area contributed by atoms with Gasteiger partial charge in [0.1, 0.15) is 5.52 Å². The number of hydrogen-bond acceptors (Lipinski definition) is 2. The lowest BCUT2D eigenvalue weighted by atomic mass is 9.93. The normalized spacial score (nSPS) is 11.7. The second-order valence-electron chi connectivity index (χ2n) is 7.67. The lowest BCUT2D eigenvalue weighted by molar-refractivity contribution is 1.40. The number of rotatable bonds is 1. The van der Waals surface area contributed by atoms with Gasteiger partial charge in [0, 0.05) is 14.5 Å². The van der Waals surface area contributed by atoms with Crippen LogP contribution < -0.4 is 0 Å². The van der Waals surface area contributed by atoms with Crippen LogP contribution in [0.5, 0.6) is 0 Å². The molecule has 30 heavy (non-hydrogen) atoms. The molecule has 0 bridgehead atoms. The van der Waals surface area contributed by atoms with E-state index in [4.69, 9.17) is 9.97 Å². The minimum absolute atomic E-state index is 0.928. The van der Waals surface area contributed by atoms with Gasteiger partial charge in [-0.2, -0.15) is 0 Å². The number of halogens is 1. The van der Waals surface area contributed by atoms with Crippen molar-refractivity contribution in [3.8, 4) is 11.1 Å². The Morgan fingerprint density at radius 3 is 2.07 bits per heavy atom. The Morgan fingerprint density at radius 1 is 0.633 bits per heavy atom. The summed E-state index contributed by atoms with van der Waals surface area (Å²) < 4.78 is 1.15. The van der Waals surface area contributed by atoms with Crippen LogP contribution in [0.3, 0.4) is 0 Å². The molecule has 0 fully saturated rings. The molecule has 0 aliphatic carbocycles. The van der Waals surface area contributed by atoms with Gasteiger partial charge >= 0.3 is 0 Å². The molecule has 3 heteroatoms. The zero-order valence-electron chi connectivity index (χ0n) is 16.4. The third-order valence-electron chi connectivity index (χ3n) is 5.77. The van der Waals surface area contributed by atoms with Gasteiger partial charge in [-0.15, -0.1) is 0 Å². The van der Waals surface area contributed by atoms with E-state index in [2.05, 4.69) is 90.2 Å². The van der Waals surface area contributed by atoms with E-state index < -0.39 is 0 Å². The standard InChI is InChI=1S/C27H17IN2/c1-16-10-12-18(13-11-16)23-20-15-14-17-6-2-3-7-19(17)24(20)26-27(25(23)28)30-22-9-5-4-8-21(22)29-26/h2-15H,1H3. The van der Waals surface area contributed by atoms with E-state index in [1.54, 1.807) is 0 Å². The first-order chi connectivity index (χ1) is 14.7. The number of para-hydroxylation sites is 2. The van der Waals surface area contributed by atoms with Gasteiger partial charge in [-0.05, 0) is 63.4 Å². The number of fused-ring (bicyclic) bond motifs is 6. The topological polar surface area (TPSA) is 25.8 Å². The van der Waals surface area contributed by atoms with Crippen LogP contribution in [0.2, 0.25) is 0 Å². The van der Waals surface area contributed by atoms with Gasteiger partial charge in [0.15, 0.2) is 0 Å². The Hall–Kier alpha value is -3.05. The van der Waals surface area contributed by atoms with Crippen LogP contribution in [-0.4, -0.2) is 9.97 Å². The van der Waals surface area contributed by atoms with E-state index >= 15 is 0 Å². The summed E-state index contributed by atoms with van der Waals surface area (Å²) in [4.78, 5) is 10.2. The Balaban J connectivity index is 1.90. The largest absolute Gasteiger partial charge is 0.244 e. The van der Waals surface area contributed by atoms with Crippen molar-refractivity contribution in [1.82, 2.24) is 9.97 Å². The number of aromatic nitrogens is 2. The van der Waals surface area contributed by atoms with Gasteiger partial charge in [0.2, 0.25) is 0 Å². The molecule has 1 aromatic heterocycles. The molecule has 0 aliphatic rings. The summed E-state index contributed by atoms with van der Waals surface area (Å²) in [5.41, 5.74) is 7.50. The molecule has 6 rings (SSSR count).